The van der Waals surface area contributed by atoms with Crippen molar-refractivity contribution < 1.29 is 9.90 Å². The molecule has 6 heteroatoms. The molecule has 30 heavy (non-hydrogen) atoms. The van der Waals surface area contributed by atoms with E-state index in [1.165, 1.54) is 0 Å². The molecular formula is C24H20Cl2N2O2. The summed E-state index contributed by atoms with van der Waals surface area (Å²) in [6.07, 6.45) is 2.04. The smallest absolute Gasteiger partial charge is 0.251 e. The molecule has 0 unspecified atom stereocenters. The third-order valence-electron chi connectivity index (χ3n) is 4.99. The van der Waals surface area contributed by atoms with E-state index in [0.717, 1.165) is 27.6 Å². The van der Waals surface area contributed by atoms with Gasteiger partial charge in [0.1, 0.15) is 0 Å². The van der Waals surface area contributed by atoms with Gasteiger partial charge in [-0.3, -0.25) is 4.79 Å². The number of rotatable bonds is 6. The highest BCUT2D eigenvalue weighted by Crippen LogP contribution is 2.28. The van der Waals surface area contributed by atoms with Crippen molar-refractivity contribution in [1.29, 1.82) is 0 Å². The molecule has 2 N–H and O–H groups in total. The van der Waals surface area contributed by atoms with E-state index in [2.05, 4.69) is 28.1 Å². The Morgan fingerprint density at radius 2 is 1.80 bits per heavy atom. The van der Waals surface area contributed by atoms with E-state index in [0.29, 0.717) is 22.2 Å². The Kier molecular flexibility index (Phi) is 6.09. The molecule has 1 amide bonds. The van der Waals surface area contributed by atoms with Gasteiger partial charge in [-0.1, -0.05) is 53.5 Å². The number of halogens is 2. The zero-order valence-corrected chi connectivity index (χ0v) is 17.6. The Morgan fingerprint density at radius 1 is 0.967 bits per heavy atom. The standard InChI is InChI=1S/C24H20Cl2N2O2/c25-21-7-6-20(22(26)14-21)15-28-10-8-16-4-5-18(13-23(16)28)17-2-1-3-19(12-17)24(30)27-9-11-29/h1-8,10,12-14,29H,9,11,15H2,(H,27,30). The van der Waals surface area contributed by atoms with Crippen LogP contribution in [0.25, 0.3) is 22.0 Å². The summed E-state index contributed by atoms with van der Waals surface area (Å²) < 4.78 is 2.14. The van der Waals surface area contributed by atoms with Crippen LogP contribution in [-0.2, 0) is 6.54 Å². The molecule has 0 aliphatic heterocycles. The van der Waals surface area contributed by atoms with Gasteiger partial charge in [0, 0.05) is 40.4 Å². The van der Waals surface area contributed by atoms with Gasteiger partial charge < -0.3 is 15.0 Å². The van der Waals surface area contributed by atoms with E-state index in [1.807, 2.05) is 42.6 Å². The van der Waals surface area contributed by atoms with Crippen molar-refractivity contribution in [3.05, 3.63) is 94.1 Å². The Morgan fingerprint density at radius 3 is 2.60 bits per heavy atom. The third kappa shape index (κ3) is 4.36. The Hall–Kier alpha value is -2.79. The fourth-order valence-electron chi connectivity index (χ4n) is 3.45. The molecule has 0 fully saturated rings. The number of nitrogens with one attached hydrogen (secondary N) is 1. The average molecular weight is 439 g/mol. The Balaban J connectivity index is 1.67. The first kappa shape index (κ1) is 20.5. The molecule has 4 rings (SSSR count). The minimum atomic E-state index is -0.201. The zero-order valence-electron chi connectivity index (χ0n) is 16.1. The number of carbonyl (C=O) groups is 1. The maximum absolute atomic E-state index is 12.2. The minimum absolute atomic E-state index is 0.0866. The molecule has 3 aromatic carbocycles. The second kappa shape index (κ2) is 8.92. The van der Waals surface area contributed by atoms with Crippen LogP contribution in [-0.4, -0.2) is 28.7 Å². The van der Waals surface area contributed by atoms with Gasteiger partial charge in [0.25, 0.3) is 5.91 Å². The van der Waals surface area contributed by atoms with E-state index in [9.17, 15) is 4.79 Å². The fourth-order valence-corrected chi connectivity index (χ4v) is 3.91. The Labute approximate surface area is 184 Å². The number of amides is 1. The molecule has 0 saturated heterocycles. The highest BCUT2D eigenvalue weighted by Gasteiger charge is 2.10. The van der Waals surface area contributed by atoms with Crippen LogP contribution in [0.2, 0.25) is 10.0 Å². The minimum Gasteiger partial charge on any atom is -0.395 e. The fraction of sp³-hybridized carbons (Fsp3) is 0.125. The molecule has 4 nitrogen and oxygen atoms in total. The van der Waals surface area contributed by atoms with Crippen LogP contribution in [0.15, 0.2) is 72.9 Å². The van der Waals surface area contributed by atoms with Crippen molar-refractivity contribution in [2.75, 3.05) is 13.2 Å². The molecule has 0 spiro atoms. The van der Waals surface area contributed by atoms with Gasteiger partial charge in [-0.05, 0) is 58.5 Å². The topological polar surface area (TPSA) is 54.3 Å². The average Bonchev–Trinajstić information content (AvgIpc) is 3.16. The normalized spacial score (nSPS) is 11.0. The molecule has 0 saturated carbocycles. The second-order valence-electron chi connectivity index (χ2n) is 7.01. The number of aliphatic hydroxyl groups is 1. The quantitative estimate of drug-likeness (QED) is 0.424. The molecule has 0 aliphatic carbocycles. The number of carbonyl (C=O) groups excluding carboxylic acids is 1. The Bertz CT molecular complexity index is 1220. The lowest BCUT2D eigenvalue weighted by Gasteiger charge is -2.10. The number of fused-ring (bicyclic) bond motifs is 1. The summed E-state index contributed by atoms with van der Waals surface area (Å²) in [5.74, 6) is -0.201. The largest absolute Gasteiger partial charge is 0.395 e. The van der Waals surface area contributed by atoms with Crippen LogP contribution in [0.3, 0.4) is 0 Å². The molecule has 1 heterocycles. The number of aliphatic hydroxyl groups excluding tert-OH is 1. The highest BCUT2D eigenvalue weighted by atomic mass is 35.5. The van der Waals surface area contributed by atoms with Gasteiger partial charge >= 0.3 is 0 Å². The van der Waals surface area contributed by atoms with Gasteiger partial charge in [0.05, 0.1) is 6.61 Å². The summed E-state index contributed by atoms with van der Waals surface area (Å²) >= 11 is 12.4. The van der Waals surface area contributed by atoms with Crippen LogP contribution in [0, 0.1) is 0 Å². The van der Waals surface area contributed by atoms with Crippen LogP contribution >= 0.6 is 23.2 Å². The van der Waals surface area contributed by atoms with Crippen molar-refractivity contribution in [3.63, 3.8) is 0 Å². The van der Waals surface area contributed by atoms with Gasteiger partial charge in [0.15, 0.2) is 0 Å². The predicted octanol–water partition coefficient (Wildman–Crippen LogP) is 5.39. The summed E-state index contributed by atoms with van der Waals surface area (Å²) in [6, 6.07) is 21.3. The lowest BCUT2D eigenvalue weighted by molar-refractivity contribution is 0.0945. The van der Waals surface area contributed by atoms with Crippen LogP contribution < -0.4 is 5.32 Å². The molecule has 0 radical (unpaired) electrons. The third-order valence-corrected chi connectivity index (χ3v) is 5.57. The van der Waals surface area contributed by atoms with E-state index < -0.39 is 0 Å². The number of hydrogen-bond donors (Lipinski definition) is 2. The van der Waals surface area contributed by atoms with Crippen molar-refractivity contribution >= 4 is 40.0 Å². The van der Waals surface area contributed by atoms with Crippen molar-refractivity contribution in [1.82, 2.24) is 9.88 Å². The first-order valence-corrected chi connectivity index (χ1v) is 10.3. The van der Waals surface area contributed by atoms with Crippen molar-refractivity contribution in [3.8, 4) is 11.1 Å². The van der Waals surface area contributed by atoms with E-state index >= 15 is 0 Å². The van der Waals surface area contributed by atoms with Crippen LogP contribution in [0.5, 0.6) is 0 Å². The summed E-state index contributed by atoms with van der Waals surface area (Å²) in [6.45, 7) is 0.777. The highest BCUT2D eigenvalue weighted by molar-refractivity contribution is 6.35. The number of hydrogen-bond acceptors (Lipinski definition) is 2. The van der Waals surface area contributed by atoms with Crippen LogP contribution in [0.4, 0.5) is 0 Å². The van der Waals surface area contributed by atoms with Crippen LogP contribution in [0.1, 0.15) is 15.9 Å². The van der Waals surface area contributed by atoms with Gasteiger partial charge in [-0.25, -0.2) is 0 Å². The maximum atomic E-state index is 12.2. The lowest BCUT2D eigenvalue weighted by atomic mass is 10.0. The van der Waals surface area contributed by atoms with Gasteiger partial charge in [-0.2, -0.15) is 0 Å². The first-order chi connectivity index (χ1) is 14.5. The molecule has 0 atom stereocenters. The zero-order chi connectivity index (χ0) is 21.1. The molecular weight excluding hydrogens is 419 g/mol. The number of aromatic nitrogens is 1. The van der Waals surface area contributed by atoms with Crippen molar-refractivity contribution in [2.24, 2.45) is 0 Å². The monoisotopic (exact) mass is 438 g/mol. The first-order valence-electron chi connectivity index (χ1n) is 9.57. The second-order valence-corrected chi connectivity index (χ2v) is 7.86. The number of benzene rings is 3. The molecule has 1 aromatic heterocycles. The molecule has 0 aliphatic rings. The summed E-state index contributed by atoms with van der Waals surface area (Å²) in [5.41, 5.74) is 4.59. The molecule has 4 aromatic rings. The maximum Gasteiger partial charge on any atom is 0.251 e. The van der Waals surface area contributed by atoms with E-state index in [-0.39, 0.29) is 19.1 Å². The predicted molar refractivity (Wildman–Crippen MR) is 122 cm³/mol. The SMILES string of the molecule is O=C(NCCO)c1cccc(-c2ccc3ccn(Cc4ccc(Cl)cc4Cl)c3c2)c1. The van der Waals surface area contributed by atoms with Gasteiger partial charge in [0.2, 0.25) is 0 Å². The van der Waals surface area contributed by atoms with Gasteiger partial charge in [-0.15, -0.1) is 0 Å². The molecule has 0 bridgehead atoms. The summed E-state index contributed by atoms with van der Waals surface area (Å²) in [4.78, 5) is 12.2. The lowest BCUT2D eigenvalue weighted by Crippen LogP contribution is -2.26. The number of nitrogens with zero attached hydrogens (tertiary/aromatic N) is 1. The van der Waals surface area contributed by atoms with E-state index in [4.69, 9.17) is 28.3 Å². The van der Waals surface area contributed by atoms with E-state index in [1.54, 1.807) is 12.1 Å². The molecule has 152 valence electrons. The summed E-state index contributed by atoms with van der Waals surface area (Å²) in [7, 11) is 0. The summed E-state index contributed by atoms with van der Waals surface area (Å²) in [5, 5.41) is 14.0. The van der Waals surface area contributed by atoms with Crippen molar-refractivity contribution in [2.45, 2.75) is 6.54 Å².